The van der Waals surface area contributed by atoms with Gasteiger partial charge in [0.05, 0.1) is 19.1 Å². The summed E-state index contributed by atoms with van der Waals surface area (Å²) in [6.45, 7) is 11.6. The molecule has 9 N–H and O–H groups in total. The van der Waals surface area contributed by atoms with Crippen LogP contribution in [-0.2, 0) is 52.7 Å². The predicted molar refractivity (Wildman–Crippen MR) is 218 cm³/mol. The molecule has 4 aliphatic rings. The minimum Gasteiger partial charge on any atom is -0.458 e. The lowest BCUT2D eigenvalue weighted by Crippen LogP contribution is -2.70. The Morgan fingerprint density at radius 1 is 0.937 bits per heavy atom. The molecule has 356 valence electrons. The molecule has 10 unspecified atom stereocenters. The summed E-state index contributed by atoms with van der Waals surface area (Å²) in [4.78, 5) is 117. The zero-order chi connectivity index (χ0) is 47.1. The molecule has 0 radical (unpaired) electrons. The molecule has 0 spiro atoms. The summed E-state index contributed by atoms with van der Waals surface area (Å²) in [7, 11) is 0. The number of esters is 1. The van der Waals surface area contributed by atoms with Crippen LogP contribution in [0.1, 0.15) is 107 Å². The molecular weight excluding hydrogens is 830 g/mol. The number of hydroxylamine groups is 4. The minimum absolute atomic E-state index is 0.00192. The fraction of sp³-hybridized carbons (Fsp3) is 0.800. The van der Waals surface area contributed by atoms with Gasteiger partial charge < -0.3 is 40.9 Å². The molecule has 4 aliphatic heterocycles. The number of carbonyl (C=O) groups is 8. The Morgan fingerprint density at radius 3 is 2.11 bits per heavy atom. The van der Waals surface area contributed by atoms with E-state index in [2.05, 4.69) is 21.5 Å². The number of hydrogen-bond donors (Lipinski definition) is 8. The smallest absolute Gasteiger partial charge is 0.333 e. The zero-order valence-corrected chi connectivity index (χ0v) is 37.5. The molecule has 4 heterocycles. The van der Waals surface area contributed by atoms with Crippen LogP contribution in [0.2, 0.25) is 0 Å². The molecule has 4 rings (SSSR count). The van der Waals surface area contributed by atoms with Crippen LogP contribution in [0, 0.1) is 17.8 Å². The molecule has 0 aromatic rings. The first-order valence-electron chi connectivity index (χ1n) is 21.8. The van der Waals surface area contributed by atoms with Gasteiger partial charge in [0.25, 0.3) is 29.5 Å². The summed E-state index contributed by atoms with van der Waals surface area (Å²) in [5.74, 6) is -11.7. The van der Waals surface area contributed by atoms with Crippen molar-refractivity contribution in [1.29, 1.82) is 0 Å². The first-order valence-corrected chi connectivity index (χ1v) is 21.8. The number of fused-ring (bicyclic) bond motifs is 2. The van der Waals surface area contributed by atoms with Gasteiger partial charge in [-0.3, -0.25) is 44.0 Å². The molecule has 0 aromatic heterocycles. The van der Waals surface area contributed by atoms with E-state index in [1.165, 1.54) is 20.8 Å². The van der Waals surface area contributed by atoms with Gasteiger partial charge >= 0.3 is 11.9 Å². The van der Waals surface area contributed by atoms with Gasteiger partial charge in [0.1, 0.15) is 30.3 Å². The summed E-state index contributed by atoms with van der Waals surface area (Å²) < 4.78 is 11.8. The number of cyclic esters (lactones) is 1. The van der Waals surface area contributed by atoms with E-state index in [4.69, 9.17) is 20.0 Å². The maximum atomic E-state index is 15.0. The third kappa shape index (κ3) is 11.6. The Morgan fingerprint density at radius 2 is 1.54 bits per heavy atom. The Labute approximate surface area is 366 Å². The third-order valence-corrected chi connectivity index (χ3v) is 12.1. The number of hydrazine groups is 2. The number of nitrogens with zero attached hydrogens (tertiary/aromatic N) is 4. The van der Waals surface area contributed by atoms with Crippen LogP contribution in [0.25, 0.3) is 0 Å². The second-order valence-corrected chi connectivity index (χ2v) is 17.7. The number of aliphatic hydroxyl groups is 2. The standard InChI is InChI=1S/C40H67N9O14/c1-21(2)19-26-13-15-40(59,62-25(26)7)39(8,58)38(57)45-31-32(22(3)4)61-37(56)24(6)48(60)34(53)27-11-9-17-43-46(27)29(50)20-42-33(52)23(5)49(63-30(51)14-16-41)35(54)28-12-10-18-44-47(28)36(31)55/h21-28,31-32,43-44,58-60H,9-20,41H2,1-8H3,(H,42,52)(H,45,57). The fourth-order valence-electron chi connectivity index (χ4n) is 8.18. The fourth-order valence-corrected chi connectivity index (χ4v) is 8.18. The Hall–Kier alpha value is -4.52. The van der Waals surface area contributed by atoms with E-state index < -0.39 is 114 Å². The highest BCUT2D eigenvalue weighted by Crippen LogP contribution is 2.40. The lowest BCUT2D eigenvalue weighted by molar-refractivity contribution is -0.326. The maximum Gasteiger partial charge on any atom is 0.333 e. The molecule has 0 bridgehead atoms. The quantitative estimate of drug-likeness (QED) is 0.0925. The first-order chi connectivity index (χ1) is 29.5. The number of rotatable bonds is 9. The topological polar surface area (TPSA) is 312 Å². The van der Waals surface area contributed by atoms with Crippen molar-refractivity contribution in [1.82, 2.24) is 41.6 Å². The monoisotopic (exact) mass is 897 g/mol. The van der Waals surface area contributed by atoms with Gasteiger partial charge in [-0.1, -0.05) is 27.7 Å². The van der Waals surface area contributed by atoms with Crippen molar-refractivity contribution in [2.75, 3.05) is 26.2 Å². The van der Waals surface area contributed by atoms with Crippen molar-refractivity contribution >= 4 is 47.4 Å². The zero-order valence-electron chi connectivity index (χ0n) is 37.5. The number of hydrogen-bond acceptors (Lipinski definition) is 17. The van der Waals surface area contributed by atoms with E-state index in [0.717, 1.165) is 30.3 Å². The van der Waals surface area contributed by atoms with Crippen LogP contribution in [-0.4, -0.2) is 163 Å². The average molecular weight is 898 g/mol. The van der Waals surface area contributed by atoms with E-state index >= 15 is 4.79 Å². The largest absolute Gasteiger partial charge is 0.458 e. The molecule has 63 heavy (non-hydrogen) atoms. The van der Waals surface area contributed by atoms with Gasteiger partial charge in [-0.2, -0.15) is 5.06 Å². The number of nitrogens with two attached hydrogens (primary N) is 1. The molecule has 23 nitrogen and oxygen atoms in total. The van der Waals surface area contributed by atoms with Crippen molar-refractivity contribution in [3.05, 3.63) is 0 Å². The summed E-state index contributed by atoms with van der Waals surface area (Å²) in [5, 5.41) is 41.9. The summed E-state index contributed by atoms with van der Waals surface area (Å²) in [6.07, 6.45) is -1.05. The van der Waals surface area contributed by atoms with Crippen LogP contribution in [0.15, 0.2) is 0 Å². The highest BCUT2D eigenvalue weighted by atomic mass is 16.7. The van der Waals surface area contributed by atoms with Gasteiger partial charge in [-0.25, -0.2) is 25.5 Å². The predicted octanol–water partition coefficient (Wildman–Crippen LogP) is -1.91. The normalized spacial score (nSPS) is 32.2. The molecule has 23 heteroatoms. The Balaban J connectivity index is 1.83. The van der Waals surface area contributed by atoms with Gasteiger partial charge in [0.15, 0.2) is 11.6 Å². The van der Waals surface area contributed by atoms with Crippen LogP contribution in [0.3, 0.4) is 0 Å². The Bertz CT molecular complexity index is 1720. The number of amides is 6. The summed E-state index contributed by atoms with van der Waals surface area (Å²) in [6, 6.07) is -8.26. The van der Waals surface area contributed by atoms with Gasteiger partial charge in [0.2, 0.25) is 11.7 Å². The van der Waals surface area contributed by atoms with Gasteiger partial charge in [0, 0.05) is 26.1 Å². The molecule has 4 saturated heterocycles. The van der Waals surface area contributed by atoms with E-state index in [-0.39, 0.29) is 62.7 Å². The average Bonchev–Trinajstić information content (AvgIpc) is 3.24. The van der Waals surface area contributed by atoms with Gasteiger partial charge in [-0.15, -0.1) is 0 Å². The molecule has 4 fully saturated rings. The second-order valence-electron chi connectivity index (χ2n) is 17.7. The summed E-state index contributed by atoms with van der Waals surface area (Å²) in [5.41, 5.74) is 8.40. The Kier molecular flexibility index (Phi) is 17.4. The minimum atomic E-state index is -2.74. The molecular formula is C40H67N9O14. The molecule has 10 atom stereocenters. The van der Waals surface area contributed by atoms with E-state index in [0.29, 0.717) is 23.8 Å². The lowest BCUT2D eigenvalue weighted by Gasteiger charge is -2.47. The van der Waals surface area contributed by atoms with Crippen molar-refractivity contribution in [3.8, 4) is 0 Å². The molecule has 6 amide bonds. The van der Waals surface area contributed by atoms with Crippen LogP contribution < -0.4 is 27.2 Å². The second kappa shape index (κ2) is 21.4. The van der Waals surface area contributed by atoms with E-state index in [9.17, 15) is 49.0 Å². The first kappa shape index (κ1) is 51.1. The van der Waals surface area contributed by atoms with E-state index in [1.54, 1.807) is 6.92 Å². The SMILES string of the molecule is CC(C)CC1CCC(O)(C(C)(O)C(=O)NC2C(=O)N3NCCCC3C(=O)N(OC(=O)CCN)C(C)C(=O)NCC(=O)N3NCCCC3C(=O)N(O)C(C)C(=O)OC2C(C)C)OC1C. The molecule has 0 aromatic carbocycles. The maximum absolute atomic E-state index is 15.0. The van der Waals surface area contributed by atoms with Crippen molar-refractivity contribution in [2.24, 2.45) is 23.5 Å². The van der Waals surface area contributed by atoms with Gasteiger partial charge in [-0.05, 0) is 84.0 Å². The van der Waals surface area contributed by atoms with Crippen LogP contribution in [0.4, 0.5) is 0 Å². The highest BCUT2D eigenvalue weighted by Gasteiger charge is 2.57. The number of nitrogens with one attached hydrogen (secondary N) is 4. The van der Waals surface area contributed by atoms with Crippen molar-refractivity contribution in [2.45, 2.75) is 161 Å². The number of carbonyl (C=O) groups excluding carboxylic acids is 8. The lowest BCUT2D eigenvalue weighted by atomic mass is 9.79. The molecule has 0 saturated carbocycles. The summed E-state index contributed by atoms with van der Waals surface area (Å²) >= 11 is 0. The van der Waals surface area contributed by atoms with Crippen LogP contribution in [0.5, 0.6) is 0 Å². The van der Waals surface area contributed by atoms with Crippen molar-refractivity contribution in [3.63, 3.8) is 0 Å². The molecule has 0 aliphatic carbocycles. The van der Waals surface area contributed by atoms with Crippen LogP contribution >= 0.6 is 0 Å². The highest BCUT2D eigenvalue weighted by molar-refractivity contribution is 5.97. The third-order valence-electron chi connectivity index (χ3n) is 12.1. The van der Waals surface area contributed by atoms with Crippen molar-refractivity contribution < 1.29 is 68.1 Å². The number of ether oxygens (including phenoxy) is 2. The van der Waals surface area contributed by atoms with E-state index in [1.807, 2.05) is 13.8 Å².